The van der Waals surface area contributed by atoms with Crippen LogP contribution in [0.25, 0.3) is 54.5 Å². The number of ketones is 4. The SMILES string of the molecule is CC(=O)NC(Cc1c[nH]c2ccccc12)C(=O)CC(C)(C)C(=O)O.CC(C)(C)OC(=O)C(C)(C)CC(=O)C(N)Cc1c[nH]c2ccccc12.CN(C(=O)[C@@H](Cc1c[nH]c2ccccc12)NC(=O)OC(C)(C)C)C(C)(C)C(=O)O.COC(=O)C(C)(C)CC(=O)C(C)(N)Cc1c[nH]c2ccccc12.NC(Cc1c[nH]c2ccccc12)C(=O)CC1(C(=O)O)CC1. The first-order chi connectivity index (χ1) is 56.7. The molecule has 5 aromatic carbocycles. The predicted octanol–water partition coefficient (Wildman–Crippen LogP) is 13.0. The van der Waals surface area contributed by atoms with Gasteiger partial charge in [0, 0.05) is 138 Å². The summed E-state index contributed by atoms with van der Waals surface area (Å²) in [5.41, 5.74) is 20.4. The molecule has 3 amide bonds. The van der Waals surface area contributed by atoms with Crippen LogP contribution in [0.5, 0.6) is 0 Å². The number of Topliss-reactive ketones (excluding diaryl/α,β-unsaturated/α-hetero) is 4. The molecule has 0 aliphatic heterocycles. The Morgan fingerprint density at radius 1 is 0.451 bits per heavy atom. The second kappa shape index (κ2) is 40.1. The molecule has 122 heavy (non-hydrogen) atoms. The molecule has 5 atom stereocenters. The Morgan fingerprint density at radius 3 is 1.16 bits per heavy atom. The molecule has 29 heteroatoms. The van der Waals surface area contributed by atoms with E-state index in [1.165, 1.54) is 48.8 Å². The lowest BCUT2D eigenvalue weighted by atomic mass is 9.79. The molecular formula is C93H121N11O18. The van der Waals surface area contributed by atoms with Crippen LogP contribution in [0.4, 0.5) is 4.79 Å². The van der Waals surface area contributed by atoms with Crippen LogP contribution in [0.2, 0.25) is 0 Å². The number of methoxy groups -OCH3 is 1. The number of aliphatic carboxylic acids is 3. The Bertz CT molecular complexity index is 5420. The molecule has 0 spiro atoms. The fourth-order valence-electron chi connectivity index (χ4n) is 13.6. The third kappa shape index (κ3) is 26.5. The van der Waals surface area contributed by atoms with Gasteiger partial charge in [-0.05, 0) is 194 Å². The Labute approximate surface area is 710 Å². The number of nitrogens with two attached hydrogens (primary N) is 3. The number of fused-ring (bicyclic) bond motifs is 5. The van der Waals surface area contributed by atoms with Gasteiger partial charge in [-0.2, -0.15) is 0 Å². The maximum absolute atomic E-state index is 13.1. The predicted molar refractivity (Wildman–Crippen MR) is 468 cm³/mol. The molecule has 16 N–H and O–H groups in total. The topological polar surface area (TPSA) is 478 Å². The van der Waals surface area contributed by atoms with E-state index in [0.29, 0.717) is 38.5 Å². The normalized spacial score (nSPS) is 14.2. The number of hydrogen-bond acceptors (Lipinski definition) is 18. The minimum atomic E-state index is -1.44. The van der Waals surface area contributed by atoms with Crippen molar-refractivity contribution in [2.75, 3.05) is 14.2 Å². The summed E-state index contributed by atoms with van der Waals surface area (Å²) in [6, 6.07) is 35.9. The molecule has 0 saturated heterocycles. The van der Waals surface area contributed by atoms with Crippen molar-refractivity contribution < 1.29 is 87.1 Å². The monoisotopic (exact) mass is 1680 g/mol. The average Bonchev–Trinajstić information content (AvgIpc) is 1.62. The van der Waals surface area contributed by atoms with E-state index in [9.17, 15) is 67.7 Å². The van der Waals surface area contributed by atoms with Gasteiger partial charge in [0.1, 0.15) is 22.8 Å². The van der Waals surface area contributed by atoms with Crippen LogP contribution in [-0.4, -0.2) is 177 Å². The van der Waals surface area contributed by atoms with Gasteiger partial charge < -0.3 is 87.2 Å². The minimum absolute atomic E-state index is 0.0475. The van der Waals surface area contributed by atoms with Gasteiger partial charge in [0.2, 0.25) is 11.8 Å². The summed E-state index contributed by atoms with van der Waals surface area (Å²) < 4.78 is 15.5. The largest absolute Gasteiger partial charge is 0.481 e. The number of nitrogens with one attached hydrogen (secondary N) is 7. The summed E-state index contributed by atoms with van der Waals surface area (Å²) >= 11 is 0. The van der Waals surface area contributed by atoms with Gasteiger partial charge in [-0.15, -0.1) is 0 Å². The highest BCUT2D eigenvalue weighted by molar-refractivity contribution is 5.97. The summed E-state index contributed by atoms with van der Waals surface area (Å²) in [5.74, 6) is -5.44. The number of ether oxygens (including phenoxy) is 3. The third-order valence-electron chi connectivity index (χ3n) is 21.5. The van der Waals surface area contributed by atoms with Gasteiger partial charge in [0.25, 0.3) is 0 Å². The lowest BCUT2D eigenvalue weighted by molar-refractivity contribution is -0.167. The molecule has 5 heterocycles. The van der Waals surface area contributed by atoms with Gasteiger partial charge in [-0.25, -0.2) is 9.59 Å². The van der Waals surface area contributed by atoms with Crippen molar-refractivity contribution >= 4 is 125 Å². The van der Waals surface area contributed by atoms with Gasteiger partial charge in [-0.3, -0.25) is 47.9 Å². The zero-order valence-corrected chi connectivity index (χ0v) is 73.2. The smallest absolute Gasteiger partial charge is 0.408 e. The van der Waals surface area contributed by atoms with Crippen molar-refractivity contribution in [2.45, 2.75) is 228 Å². The number of carboxylic acids is 3. The zero-order chi connectivity index (χ0) is 91.0. The molecule has 11 rings (SSSR count). The molecule has 29 nitrogen and oxygen atoms in total. The standard InChI is InChI=1S/C21H29N3O5.C20H28N2O3.C18H22N2O4.C18H24N2O3.C16H18N2O3/c1-20(2,3)29-19(28)23-16(17(25)24(6)21(4,5)18(26)27)11-13-12-22-15-10-8-7-9-14(13)15;1-19(2,3)25-18(24)20(4,5)11-17(23)15(21)10-13-12-22-16-9-7-6-8-14(13)16;1-11(21)20-15(16(22)9-18(2,3)17(23)24)8-12-10-19-14-7-5-4-6-13(12)14;1-17(2,16(22)23-4)10-15(21)18(3,19)9-12-11-20-14-8-6-5-7-13(12)14;17-12(14(19)8-16(5-6-16)15(20)21)7-10-9-18-13-4-2-1-3-11(10)13/h7-10,12,16,22H,11H2,1-6H3,(H,23,28)(H,26,27);6-9,12,15,22H,10-11,21H2,1-5H3;4-7,10,15,19H,8-9H2,1-3H3,(H,20,21)(H,23,24);5-8,11,20H,9-10,19H2,1-4H3;1-4,9,12,18H,5-8,17H2,(H,20,21)/t16-;;;;/m1..../s1. The Balaban J connectivity index is 0.000000211. The van der Waals surface area contributed by atoms with Crippen molar-refractivity contribution in [2.24, 2.45) is 38.9 Å². The van der Waals surface area contributed by atoms with E-state index in [1.54, 1.807) is 61.6 Å². The average molecular weight is 1680 g/mol. The number of esters is 2. The first-order valence-corrected chi connectivity index (χ1v) is 40.4. The molecule has 656 valence electrons. The highest BCUT2D eigenvalue weighted by atomic mass is 16.6. The van der Waals surface area contributed by atoms with Crippen molar-refractivity contribution in [1.29, 1.82) is 0 Å². The Hall–Kier alpha value is -12.1. The Kier molecular flexibility index (Phi) is 31.9. The highest BCUT2D eigenvalue weighted by Gasteiger charge is 2.52. The lowest BCUT2D eigenvalue weighted by Gasteiger charge is -2.34. The summed E-state index contributed by atoms with van der Waals surface area (Å²) in [6.07, 6.45) is 11.4. The van der Waals surface area contributed by atoms with Crippen LogP contribution < -0.4 is 27.8 Å². The van der Waals surface area contributed by atoms with Crippen molar-refractivity contribution in [3.05, 3.63) is 180 Å². The van der Waals surface area contributed by atoms with E-state index in [4.69, 9.17) is 36.5 Å². The number of para-hydroxylation sites is 5. The van der Waals surface area contributed by atoms with Gasteiger partial charge in [-0.1, -0.05) is 91.0 Å². The van der Waals surface area contributed by atoms with E-state index in [1.807, 2.05) is 167 Å². The second-order valence-electron chi connectivity index (χ2n) is 36.2. The number of likely N-dealkylation sites (N-methyl/N-ethyl adjacent to an activating group) is 1. The van der Waals surface area contributed by atoms with Gasteiger partial charge in [0.15, 0.2) is 23.1 Å². The van der Waals surface area contributed by atoms with Crippen LogP contribution in [0.1, 0.15) is 177 Å². The quantitative estimate of drug-likeness (QED) is 0.0142. The minimum Gasteiger partial charge on any atom is -0.481 e. The van der Waals surface area contributed by atoms with Crippen LogP contribution in [0.3, 0.4) is 0 Å². The lowest BCUT2D eigenvalue weighted by Crippen LogP contribution is -2.57. The first kappa shape index (κ1) is 97.0. The molecule has 10 aromatic rings. The molecule has 5 aromatic heterocycles. The number of rotatable bonds is 31. The van der Waals surface area contributed by atoms with E-state index in [-0.39, 0.29) is 67.1 Å². The summed E-state index contributed by atoms with van der Waals surface area (Å²) in [7, 11) is 2.73. The van der Waals surface area contributed by atoms with Crippen molar-refractivity contribution in [3.8, 4) is 0 Å². The number of H-pyrrole nitrogens is 5. The molecule has 4 unspecified atom stereocenters. The maximum Gasteiger partial charge on any atom is 0.408 e. The molecule has 0 bridgehead atoms. The van der Waals surface area contributed by atoms with Gasteiger partial charge in [0.05, 0.1) is 52.4 Å². The third-order valence-corrected chi connectivity index (χ3v) is 21.5. The molecule has 1 aliphatic carbocycles. The fourth-order valence-corrected chi connectivity index (χ4v) is 13.6. The number of benzene rings is 5. The molecule has 1 saturated carbocycles. The maximum atomic E-state index is 13.1. The number of aromatic nitrogens is 5. The summed E-state index contributed by atoms with van der Waals surface area (Å²) in [6.45, 7) is 26.4. The fraction of sp³-hybridized carbons (Fsp3) is 0.441. The molecule has 1 aliphatic rings. The number of carbonyl (C=O) groups is 12. The summed E-state index contributed by atoms with van der Waals surface area (Å²) in [4.78, 5) is 162. The number of alkyl carbamates (subject to hydrolysis) is 1. The Morgan fingerprint density at radius 2 is 0.803 bits per heavy atom. The number of carbonyl (C=O) groups excluding carboxylic acids is 9. The van der Waals surface area contributed by atoms with Crippen LogP contribution in [-0.2, 0) is 99.1 Å². The van der Waals surface area contributed by atoms with Crippen molar-refractivity contribution in [3.63, 3.8) is 0 Å². The van der Waals surface area contributed by atoms with E-state index in [2.05, 4.69) is 35.6 Å². The molecule has 0 radical (unpaired) electrons. The molecule has 1 fully saturated rings. The second-order valence-corrected chi connectivity index (χ2v) is 36.2. The van der Waals surface area contributed by atoms with E-state index < -0.39 is 104 Å². The number of amides is 3. The van der Waals surface area contributed by atoms with Crippen molar-refractivity contribution in [1.82, 2.24) is 40.5 Å². The zero-order valence-electron chi connectivity index (χ0n) is 73.2. The number of nitrogens with zero attached hydrogens (tertiary/aromatic N) is 1. The van der Waals surface area contributed by atoms with Crippen LogP contribution in [0.15, 0.2) is 152 Å². The molecular weight excluding hydrogens is 1560 g/mol. The highest BCUT2D eigenvalue weighted by Crippen LogP contribution is 2.49. The summed E-state index contributed by atoms with van der Waals surface area (Å²) in [5, 5.41) is 38.2. The number of carboxylic acid groups (broad SMARTS) is 3. The van der Waals surface area contributed by atoms with E-state index in [0.717, 1.165) is 87.2 Å². The van der Waals surface area contributed by atoms with Crippen LogP contribution in [0, 0.1) is 21.7 Å². The van der Waals surface area contributed by atoms with E-state index >= 15 is 0 Å². The number of hydrogen-bond donors (Lipinski definition) is 13. The first-order valence-electron chi connectivity index (χ1n) is 40.4. The van der Waals surface area contributed by atoms with Gasteiger partial charge >= 0.3 is 35.9 Å². The number of aromatic amines is 5. The van der Waals surface area contributed by atoms with Crippen LogP contribution >= 0.6 is 0 Å².